The third kappa shape index (κ3) is 3.76. The van der Waals surface area contributed by atoms with E-state index in [0.717, 1.165) is 43.0 Å². The fourth-order valence-corrected chi connectivity index (χ4v) is 2.27. The van der Waals surface area contributed by atoms with Gasteiger partial charge in [-0.25, -0.2) is 9.97 Å². The third-order valence-corrected chi connectivity index (χ3v) is 3.52. The van der Waals surface area contributed by atoms with Crippen LogP contribution in [-0.4, -0.2) is 34.8 Å². The predicted molar refractivity (Wildman–Crippen MR) is 78.8 cm³/mol. The lowest BCUT2D eigenvalue weighted by Crippen LogP contribution is -2.21. The molecule has 0 atom stereocenters. The van der Waals surface area contributed by atoms with Gasteiger partial charge in [-0.1, -0.05) is 6.07 Å². The zero-order valence-corrected chi connectivity index (χ0v) is 11.9. The van der Waals surface area contributed by atoms with Crippen LogP contribution in [0.4, 0.5) is 0 Å². The third-order valence-electron chi connectivity index (χ3n) is 3.52. The van der Waals surface area contributed by atoms with Crippen LogP contribution in [0.1, 0.15) is 18.5 Å². The first-order chi connectivity index (χ1) is 10.3. The van der Waals surface area contributed by atoms with Crippen LogP contribution in [0.3, 0.4) is 0 Å². The first kappa shape index (κ1) is 13.9. The molecule has 109 valence electrons. The van der Waals surface area contributed by atoms with Gasteiger partial charge in [0.1, 0.15) is 0 Å². The maximum Gasteiger partial charge on any atom is 0.316 e. The van der Waals surface area contributed by atoms with Crippen LogP contribution in [0, 0.1) is 12.8 Å². The largest absolute Gasteiger partial charge is 0.463 e. The van der Waals surface area contributed by atoms with Crippen LogP contribution in [-0.2, 0) is 4.74 Å². The minimum atomic E-state index is 0.413. The molecule has 0 aliphatic carbocycles. The molecule has 1 radical (unpaired) electrons. The monoisotopic (exact) mass is 284 g/mol. The van der Waals surface area contributed by atoms with Gasteiger partial charge < -0.3 is 9.47 Å². The van der Waals surface area contributed by atoms with Gasteiger partial charge in [-0.05, 0) is 37.8 Å². The number of hydrogen-bond donors (Lipinski definition) is 0. The summed E-state index contributed by atoms with van der Waals surface area (Å²) in [5, 5.41) is 0. The van der Waals surface area contributed by atoms with E-state index in [9.17, 15) is 0 Å². The standard InChI is InChI=1S/C16H18N3O2/c1-12-3-2-4-15(19-12)14-9-17-16(18-10-14)21-11-13-5-7-20-8-6-13/h2-4,9-10,13H,1,5-8,11H2. The molecule has 0 aromatic carbocycles. The lowest BCUT2D eigenvalue weighted by atomic mass is 10.0. The summed E-state index contributed by atoms with van der Waals surface area (Å²) in [5.41, 5.74) is 2.41. The van der Waals surface area contributed by atoms with Gasteiger partial charge in [0.05, 0.1) is 12.3 Å². The molecule has 0 spiro atoms. The van der Waals surface area contributed by atoms with E-state index in [4.69, 9.17) is 9.47 Å². The maximum atomic E-state index is 5.65. The first-order valence-electron chi connectivity index (χ1n) is 7.13. The lowest BCUT2D eigenvalue weighted by molar-refractivity contribution is 0.0482. The highest BCUT2D eigenvalue weighted by atomic mass is 16.5. The predicted octanol–water partition coefficient (Wildman–Crippen LogP) is 2.53. The normalized spacial score (nSPS) is 15.9. The van der Waals surface area contributed by atoms with Crippen LogP contribution < -0.4 is 4.74 Å². The van der Waals surface area contributed by atoms with Crippen molar-refractivity contribution in [2.24, 2.45) is 5.92 Å². The SMILES string of the molecule is [CH2]c1cccc(-c2cnc(OCC3CCOCC3)nc2)n1. The van der Waals surface area contributed by atoms with Gasteiger partial charge >= 0.3 is 6.01 Å². The molecule has 21 heavy (non-hydrogen) atoms. The Morgan fingerprint density at radius 3 is 2.67 bits per heavy atom. The molecule has 0 unspecified atom stereocenters. The second-order valence-electron chi connectivity index (χ2n) is 5.14. The smallest absolute Gasteiger partial charge is 0.316 e. The quantitative estimate of drug-likeness (QED) is 0.863. The highest BCUT2D eigenvalue weighted by molar-refractivity contribution is 5.56. The molecule has 0 bridgehead atoms. The topological polar surface area (TPSA) is 57.1 Å². The molecule has 3 heterocycles. The lowest BCUT2D eigenvalue weighted by Gasteiger charge is -2.21. The van der Waals surface area contributed by atoms with E-state index in [0.29, 0.717) is 18.5 Å². The summed E-state index contributed by atoms with van der Waals surface area (Å²) in [6.07, 6.45) is 5.54. The molecule has 5 heteroatoms. The van der Waals surface area contributed by atoms with Gasteiger partial charge in [-0.15, -0.1) is 0 Å². The van der Waals surface area contributed by atoms with E-state index in [2.05, 4.69) is 21.9 Å². The van der Waals surface area contributed by atoms with Crippen LogP contribution >= 0.6 is 0 Å². The Morgan fingerprint density at radius 2 is 1.95 bits per heavy atom. The average Bonchev–Trinajstić information content (AvgIpc) is 2.54. The van der Waals surface area contributed by atoms with Crippen LogP contribution in [0.5, 0.6) is 6.01 Å². The molecular weight excluding hydrogens is 266 g/mol. The van der Waals surface area contributed by atoms with Crippen molar-refractivity contribution in [3.8, 4) is 17.3 Å². The number of hydrogen-bond acceptors (Lipinski definition) is 5. The molecule has 0 N–H and O–H groups in total. The Morgan fingerprint density at radius 1 is 1.19 bits per heavy atom. The maximum absolute atomic E-state index is 5.65. The first-order valence-corrected chi connectivity index (χ1v) is 7.13. The van der Waals surface area contributed by atoms with E-state index in [1.807, 2.05) is 18.2 Å². The highest BCUT2D eigenvalue weighted by Crippen LogP contribution is 2.18. The minimum Gasteiger partial charge on any atom is -0.463 e. The molecular formula is C16H18N3O2. The number of ether oxygens (including phenoxy) is 2. The summed E-state index contributed by atoms with van der Waals surface area (Å²) >= 11 is 0. The summed E-state index contributed by atoms with van der Waals surface area (Å²) in [6.45, 7) is 6.11. The zero-order valence-electron chi connectivity index (χ0n) is 11.9. The highest BCUT2D eigenvalue weighted by Gasteiger charge is 2.15. The molecule has 1 aliphatic rings. The summed E-state index contributed by atoms with van der Waals surface area (Å²) < 4.78 is 11.0. The minimum absolute atomic E-state index is 0.413. The van der Waals surface area contributed by atoms with Crippen molar-refractivity contribution in [2.45, 2.75) is 12.8 Å². The van der Waals surface area contributed by atoms with Crippen molar-refractivity contribution >= 4 is 0 Å². The number of aromatic nitrogens is 3. The molecule has 2 aromatic heterocycles. The summed E-state index contributed by atoms with van der Waals surface area (Å²) in [4.78, 5) is 12.8. The van der Waals surface area contributed by atoms with Gasteiger partial charge in [-0.3, -0.25) is 4.98 Å². The molecule has 3 rings (SSSR count). The Labute approximate surface area is 124 Å². The van der Waals surface area contributed by atoms with E-state index in [1.165, 1.54) is 0 Å². The molecule has 5 nitrogen and oxygen atoms in total. The van der Waals surface area contributed by atoms with Crippen molar-refractivity contribution in [1.29, 1.82) is 0 Å². The van der Waals surface area contributed by atoms with E-state index in [1.54, 1.807) is 12.4 Å². The van der Waals surface area contributed by atoms with Gasteiger partial charge in [0.25, 0.3) is 0 Å². The molecule has 1 saturated heterocycles. The summed E-state index contributed by atoms with van der Waals surface area (Å²) in [7, 11) is 0. The van der Waals surface area contributed by atoms with Crippen LogP contribution in [0.25, 0.3) is 11.3 Å². The van der Waals surface area contributed by atoms with Gasteiger partial charge in [0, 0.05) is 36.9 Å². The fraction of sp³-hybridized carbons (Fsp3) is 0.375. The van der Waals surface area contributed by atoms with Crippen molar-refractivity contribution in [1.82, 2.24) is 15.0 Å². The molecule has 1 fully saturated rings. The summed E-state index contributed by atoms with van der Waals surface area (Å²) in [6, 6.07) is 6.10. The molecule has 1 aliphatic heterocycles. The number of rotatable bonds is 4. The summed E-state index contributed by atoms with van der Waals surface area (Å²) in [5.74, 6) is 0.534. The van der Waals surface area contributed by atoms with Crippen molar-refractivity contribution in [2.75, 3.05) is 19.8 Å². The Hall–Kier alpha value is -2.01. The van der Waals surface area contributed by atoms with Crippen molar-refractivity contribution < 1.29 is 9.47 Å². The second-order valence-corrected chi connectivity index (χ2v) is 5.14. The fourth-order valence-electron chi connectivity index (χ4n) is 2.27. The second kappa shape index (κ2) is 6.63. The number of pyridine rings is 1. The van der Waals surface area contributed by atoms with Gasteiger partial charge in [-0.2, -0.15) is 0 Å². The van der Waals surface area contributed by atoms with Crippen LogP contribution in [0.15, 0.2) is 30.6 Å². The van der Waals surface area contributed by atoms with Crippen molar-refractivity contribution in [3.05, 3.63) is 43.2 Å². The molecule has 0 saturated carbocycles. The Bertz CT molecular complexity index is 580. The Kier molecular flexibility index (Phi) is 4.40. The van der Waals surface area contributed by atoms with Gasteiger partial charge in [0.2, 0.25) is 0 Å². The average molecular weight is 284 g/mol. The zero-order chi connectivity index (χ0) is 14.5. The Balaban J connectivity index is 1.61. The van der Waals surface area contributed by atoms with E-state index >= 15 is 0 Å². The number of nitrogens with zero attached hydrogens (tertiary/aromatic N) is 3. The van der Waals surface area contributed by atoms with Crippen LogP contribution in [0.2, 0.25) is 0 Å². The van der Waals surface area contributed by atoms with E-state index in [-0.39, 0.29) is 0 Å². The van der Waals surface area contributed by atoms with E-state index < -0.39 is 0 Å². The molecule has 2 aromatic rings. The molecule has 0 amide bonds. The van der Waals surface area contributed by atoms with Crippen molar-refractivity contribution in [3.63, 3.8) is 0 Å². The van der Waals surface area contributed by atoms with Gasteiger partial charge in [0.15, 0.2) is 0 Å².